The summed E-state index contributed by atoms with van der Waals surface area (Å²) in [7, 11) is 0. The first-order chi connectivity index (χ1) is 15.5. The Bertz CT molecular complexity index is 1260. The van der Waals surface area contributed by atoms with Gasteiger partial charge in [-0.2, -0.15) is 10.4 Å². The van der Waals surface area contributed by atoms with Crippen molar-refractivity contribution in [2.24, 2.45) is 5.92 Å². The van der Waals surface area contributed by atoms with Gasteiger partial charge < -0.3 is 15.7 Å². The number of carbonyl (C=O) groups is 1. The number of aryl methyl sites for hydroxylation is 1. The first-order valence-corrected chi connectivity index (χ1v) is 10.8. The molecule has 3 aromatic rings. The molecular formula is C23H24ClFN6O2. The van der Waals surface area contributed by atoms with Gasteiger partial charge in [0.05, 0.1) is 11.3 Å². The lowest BCUT2D eigenvalue weighted by atomic mass is 9.94. The number of pyridine rings is 1. The molecule has 8 nitrogen and oxygen atoms in total. The number of halogens is 2. The van der Waals surface area contributed by atoms with Crippen LogP contribution in [0.15, 0.2) is 18.2 Å². The minimum atomic E-state index is -0.678. The number of amides is 1. The van der Waals surface area contributed by atoms with Gasteiger partial charge in [0.25, 0.3) is 0 Å². The molecule has 2 aliphatic rings. The van der Waals surface area contributed by atoms with Crippen LogP contribution in [0.3, 0.4) is 0 Å². The Morgan fingerprint density at radius 1 is 1.33 bits per heavy atom. The second-order valence-electron chi connectivity index (χ2n) is 8.55. The van der Waals surface area contributed by atoms with Gasteiger partial charge in [0, 0.05) is 34.7 Å². The van der Waals surface area contributed by atoms with E-state index in [-0.39, 0.29) is 58.8 Å². The molecule has 3 heterocycles. The van der Waals surface area contributed by atoms with Crippen molar-refractivity contribution < 1.29 is 14.3 Å². The van der Waals surface area contributed by atoms with Crippen molar-refractivity contribution in [2.45, 2.75) is 38.1 Å². The number of nitriles is 1. The van der Waals surface area contributed by atoms with Crippen LogP contribution in [-0.4, -0.2) is 45.3 Å². The third-order valence-electron chi connectivity index (χ3n) is 6.42. The number of fused-ring (bicyclic) bond motifs is 1. The van der Waals surface area contributed by atoms with E-state index in [0.717, 1.165) is 37.7 Å². The fourth-order valence-corrected chi connectivity index (χ4v) is 4.69. The molecule has 10 heteroatoms. The van der Waals surface area contributed by atoms with Crippen molar-refractivity contribution in [1.29, 1.82) is 5.26 Å². The lowest BCUT2D eigenvalue weighted by molar-refractivity contribution is -0.123. The van der Waals surface area contributed by atoms with Crippen LogP contribution in [0.4, 0.5) is 4.39 Å². The quantitative estimate of drug-likeness (QED) is 0.464. The summed E-state index contributed by atoms with van der Waals surface area (Å²) in [6.07, 6.45) is 2.42. The van der Waals surface area contributed by atoms with Crippen LogP contribution in [-0.2, 0) is 4.79 Å². The second kappa shape index (κ2) is 8.96. The van der Waals surface area contributed by atoms with Crippen LogP contribution in [0.1, 0.15) is 42.0 Å². The minimum absolute atomic E-state index is 0. The predicted octanol–water partition coefficient (Wildman–Crippen LogP) is 3.04. The average molecular weight is 471 g/mol. The van der Waals surface area contributed by atoms with Gasteiger partial charge in [-0.05, 0) is 62.9 Å². The standard InChI is InChI=1S/C23H23FN6O2.ClH/c1-11-19-20(15-9-16(15)23(32)27-12-4-6-26-7-5-12)17(10-25)21(28-22(19)30-29-11)14-3-2-13(31)8-18(14)24;/h2-3,8,12,15-16,26,31H,4-7,9H2,1H3,(H,27,32)(H,28,29,30);1H/t15?,16-;/m0./s1. The molecule has 1 amide bonds. The zero-order chi connectivity index (χ0) is 22.4. The number of hydrogen-bond acceptors (Lipinski definition) is 6. The molecule has 1 unspecified atom stereocenters. The van der Waals surface area contributed by atoms with E-state index < -0.39 is 5.82 Å². The Kier molecular flexibility index (Phi) is 6.23. The zero-order valence-corrected chi connectivity index (χ0v) is 18.8. The number of aromatic amines is 1. The molecule has 33 heavy (non-hydrogen) atoms. The number of phenolic OH excluding ortho intramolecular Hbond substituents is 1. The SMILES string of the molecule is Cc1[nH]nc2nc(-c3ccc(O)cc3F)c(C#N)c(C3C[C@@H]3C(=O)NC3CCNCC3)c12.Cl. The summed E-state index contributed by atoms with van der Waals surface area (Å²) >= 11 is 0. The molecule has 172 valence electrons. The molecule has 1 saturated heterocycles. The molecule has 2 atom stereocenters. The molecule has 1 aliphatic carbocycles. The third kappa shape index (κ3) is 4.12. The lowest BCUT2D eigenvalue weighted by Crippen LogP contribution is -2.43. The molecule has 0 radical (unpaired) electrons. The Balaban J connectivity index is 0.00000259. The smallest absolute Gasteiger partial charge is 0.223 e. The van der Waals surface area contributed by atoms with Crippen molar-refractivity contribution in [1.82, 2.24) is 25.8 Å². The molecular weight excluding hydrogens is 447 g/mol. The van der Waals surface area contributed by atoms with Gasteiger partial charge in [0.1, 0.15) is 17.6 Å². The van der Waals surface area contributed by atoms with Crippen LogP contribution in [0.2, 0.25) is 0 Å². The van der Waals surface area contributed by atoms with Crippen LogP contribution >= 0.6 is 12.4 Å². The number of aromatic hydroxyl groups is 1. The highest BCUT2D eigenvalue weighted by Crippen LogP contribution is 2.52. The van der Waals surface area contributed by atoms with E-state index >= 15 is 0 Å². The highest BCUT2D eigenvalue weighted by Gasteiger charge is 2.47. The van der Waals surface area contributed by atoms with Crippen LogP contribution in [0, 0.1) is 30.0 Å². The lowest BCUT2D eigenvalue weighted by Gasteiger charge is -2.23. The monoisotopic (exact) mass is 470 g/mol. The number of nitrogens with zero attached hydrogens (tertiary/aromatic N) is 3. The van der Waals surface area contributed by atoms with Crippen molar-refractivity contribution in [3.8, 4) is 23.1 Å². The molecule has 0 bridgehead atoms. The molecule has 0 spiro atoms. The largest absolute Gasteiger partial charge is 0.508 e. The van der Waals surface area contributed by atoms with Gasteiger partial charge in [-0.1, -0.05) is 0 Å². The highest BCUT2D eigenvalue weighted by atomic mass is 35.5. The van der Waals surface area contributed by atoms with Gasteiger partial charge in [-0.15, -0.1) is 12.4 Å². The maximum absolute atomic E-state index is 14.7. The Morgan fingerprint density at radius 3 is 2.79 bits per heavy atom. The molecule has 2 aromatic heterocycles. The van der Waals surface area contributed by atoms with Gasteiger partial charge in [-0.3, -0.25) is 9.89 Å². The summed E-state index contributed by atoms with van der Waals surface area (Å²) in [5, 5.41) is 33.9. The molecule has 2 fully saturated rings. The highest BCUT2D eigenvalue weighted by molar-refractivity contribution is 5.92. The van der Waals surface area contributed by atoms with E-state index in [0.29, 0.717) is 23.0 Å². The number of piperidine rings is 1. The van der Waals surface area contributed by atoms with Crippen molar-refractivity contribution in [2.75, 3.05) is 13.1 Å². The number of nitrogens with one attached hydrogen (secondary N) is 3. The summed E-state index contributed by atoms with van der Waals surface area (Å²) in [5.41, 5.74) is 2.35. The summed E-state index contributed by atoms with van der Waals surface area (Å²) in [6, 6.07) is 6.11. The van der Waals surface area contributed by atoms with Crippen molar-refractivity contribution >= 4 is 29.3 Å². The zero-order valence-electron chi connectivity index (χ0n) is 18.0. The number of aromatic nitrogens is 3. The fourth-order valence-electron chi connectivity index (χ4n) is 4.69. The first kappa shape index (κ1) is 23.0. The van der Waals surface area contributed by atoms with Gasteiger partial charge in [-0.25, -0.2) is 9.37 Å². The van der Waals surface area contributed by atoms with Gasteiger partial charge in [0.15, 0.2) is 5.65 Å². The molecule has 5 rings (SSSR count). The average Bonchev–Trinajstić information content (AvgIpc) is 3.50. The Hall–Kier alpha value is -3.22. The maximum Gasteiger partial charge on any atom is 0.223 e. The predicted molar refractivity (Wildman–Crippen MR) is 123 cm³/mol. The summed E-state index contributed by atoms with van der Waals surface area (Å²) < 4.78 is 14.7. The number of benzene rings is 1. The second-order valence-corrected chi connectivity index (χ2v) is 8.55. The van der Waals surface area contributed by atoms with E-state index in [9.17, 15) is 19.6 Å². The van der Waals surface area contributed by atoms with E-state index in [1.54, 1.807) is 0 Å². The van der Waals surface area contributed by atoms with Gasteiger partial charge >= 0.3 is 0 Å². The van der Waals surface area contributed by atoms with Crippen molar-refractivity contribution in [3.05, 3.63) is 40.8 Å². The van der Waals surface area contributed by atoms with E-state index in [2.05, 4.69) is 31.9 Å². The maximum atomic E-state index is 14.7. The number of hydrogen-bond donors (Lipinski definition) is 4. The molecule has 1 saturated carbocycles. The molecule has 4 N–H and O–H groups in total. The molecule has 1 aliphatic heterocycles. The van der Waals surface area contributed by atoms with Gasteiger partial charge in [0.2, 0.25) is 5.91 Å². The summed E-state index contributed by atoms with van der Waals surface area (Å²) in [5.74, 6) is -1.29. The van der Waals surface area contributed by atoms with Crippen LogP contribution in [0.25, 0.3) is 22.3 Å². The summed E-state index contributed by atoms with van der Waals surface area (Å²) in [6.45, 7) is 3.62. The number of rotatable bonds is 4. The van der Waals surface area contributed by atoms with Crippen LogP contribution in [0.5, 0.6) is 5.75 Å². The normalized spacial score (nSPS) is 20.2. The number of H-pyrrole nitrogens is 1. The third-order valence-corrected chi connectivity index (χ3v) is 6.42. The van der Waals surface area contributed by atoms with E-state index in [4.69, 9.17) is 0 Å². The first-order valence-electron chi connectivity index (χ1n) is 10.8. The fraction of sp³-hybridized carbons (Fsp3) is 0.391. The van der Waals surface area contributed by atoms with E-state index in [1.807, 2.05) is 6.92 Å². The topological polar surface area (TPSA) is 127 Å². The number of carbonyl (C=O) groups excluding carboxylic acids is 1. The minimum Gasteiger partial charge on any atom is -0.508 e. The Labute approximate surface area is 196 Å². The Morgan fingerprint density at radius 2 is 2.09 bits per heavy atom. The number of phenols is 1. The van der Waals surface area contributed by atoms with E-state index in [1.165, 1.54) is 12.1 Å². The van der Waals surface area contributed by atoms with Crippen LogP contribution < -0.4 is 10.6 Å². The van der Waals surface area contributed by atoms with Crippen molar-refractivity contribution in [3.63, 3.8) is 0 Å². The summed E-state index contributed by atoms with van der Waals surface area (Å²) in [4.78, 5) is 17.4. The molecule has 1 aromatic carbocycles.